The highest BCUT2D eigenvalue weighted by molar-refractivity contribution is 6.31. The maximum atomic E-state index is 12.3. The molecule has 26 heavy (non-hydrogen) atoms. The first-order valence-electron chi connectivity index (χ1n) is 8.20. The van der Waals surface area contributed by atoms with Gasteiger partial charge in [-0.1, -0.05) is 47.5 Å². The van der Waals surface area contributed by atoms with Crippen LogP contribution in [-0.2, 0) is 6.54 Å². The summed E-state index contributed by atoms with van der Waals surface area (Å²) < 4.78 is 0. The Morgan fingerprint density at radius 3 is 2.62 bits per heavy atom. The van der Waals surface area contributed by atoms with Gasteiger partial charge in [0.1, 0.15) is 11.5 Å². The van der Waals surface area contributed by atoms with Crippen molar-refractivity contribution in [2.75, 3.05) is 10.6 Å². The van der Waals surface area contributed by atoms with Gasteiger partial charge < -0.3 is 10.6 Å². The van der Waals surface area contributed by atoms with Crippen LogP contribution in [0.25, 0.3) is 0 Å². The van der Waals surface area contributed by atoms with E-state index in [4.69, 9.17) is 11.6 Å². The van der Waals surface area contributed by atoms with E-state index in [1.165, 1.54) is 11.8 Å². The summed E-state index contributed by atoms with van der Waals surface area (Å²) >= 11 is 6.07. The minimum absolute atomic E-state index is 0.239. The standard InChI is InChI=1S/C20H19ClN4O/c1-13-4-3-5-15(8-13)10-23-19-12-22-18(11-24-19)20(26)25-16-7-6-14(2)17(21)9-16/h3-9,11-12H,10H2,1-2H3,(H,23,24)(H,25,26). The number of aryl methyl sites for hydroxylation is 2. The summed E-state index contributed by atoms with van der Waals surface area (Å²) in [6, 6.07) is 13.6. The van der Waals surface area contributed by atoms with Gasteiger partial charge in [-0.2, -0.15) is 0 Å². The molecular formula is C20H19ClN4O. The zero-order valence-electron chi connectivity index (χ0n) is 14.6. The van der Waals surface area contributed by atoms with E-state index in [0.717, 1.165) is 11.1 Å². The fourth-order valence-corrected chi connectivity index (χ4v) is 2.60. The quantitative estimate of drug-likeness (QED) is 0.691. The minimum atomic E-state index is -0.331. The van der Waals surface area contributed by atoms with Crippen molar-refractivity contribution < 1.29 is 4.79 Å². The molecule has 1 heterocycles. The van der Waals surface area contributed by atoms with E-state index in [1.54, 1.807) is 18.3 Å². The predicted molar refractivity (Wildman–Crippen MR) is 105 cm³/mol. The monoisotopic (exact) mass is 366 g/mol. The number of hydrogen-bond donors (Lipinski definition) is 2. The highest BCUT2D eigenvalue weighted by Crippen LogP contribution is 2.20. The first-order chi connectivity index (χ1) is 12.5. The number of benzene rings is 2. The summed E-state index contributed by atoms with van der Waals surface area (Å²) in [6.45, 7) is 4.60. The second-order valence-corrected chi connectivity index (χ2v) is 6.45. The summed E-state index contributed by atoms with van der Waals surface area (Å²) in [6.07, 6.45) is 3.00. The first kappa shape index (κ1) is 17.9. The van der Waals surface area contributed by atoms with Gasteiger partial charge in [-0.3, -0.25) is 4.79 Å². The second-order valence-electron chi connectivity index (χ2n) is 6.05. The van der Waals surface area contributed by atoms with E-state index in [0.29, 0.717) is 23.1 Å². The van der Waals surface area contributed by atoms with Crippen LogP contribution in [0, 0.1) is 13.8 Å². The average molecular weight is 367 g/mol. The van der Waals surface area contributed by atoms with Gasteiger partial charge in [0.2, 0.25) is 0 Å². The number of amides is 1. The minimum Gasteiger partial charge on any atom is -0.365 e. The van der Waals surface area contributed by atoms with Gasteiger partial charge in [-0.05, 0) is 37.1 Å². The third-order valence-corrected chi connectivity index (χ3v) is 4.28. The van der Waals surface area contributed by atoms with Crippen LogP contribution < -0.4 is 10.6 Å². The summed E-state index contributed by atoms with van der Waals surface area (Å²) in [5.41, 5.74) is 4.17. The molecule has 6 heteroatoms. The Hall–Kier alpha value is -2.92. The molecule has 2 aromatic carbocycles. The third kappa shape index (κ3) is 4.58. The molecular weight excluding hydrogens is 348 g/mol. The zero-order valence-corrected chi connectivity index (χ0v) is 15.3. The van der Waals surface area contributed by atoms with Crippen LogP contribution in [0.1, 0.15) is 27.2 Å². The molecule has 0 unspecified atom stereocenters. The fourth-order valence-electron chi connectivity index (χ4n) is 2.42. The van der Waals surface area contributed by atoms with E-state index < -0.39 is 0 Å². The van der Waals surface area contributed by atoms with Crippen LogP contribution in [0.15, 0.2) is 54.9 Å². The molecule has 0 spiro atoms. The van der Waals surface area contributed by atoms with Crippen LogP contribution in [0.3, 0.4) is 0 Å². The summed E-state index contributed by atoms with van der Waals surface area (Å²) in [7, 11) is 0. The van der Waals surface area contributed by atoms with Gasteiger partial charge in [0.05, 0.1) is 12.4 Å². The Balaban J connectivity index is 1.61. The fraction of sp³-hybridized carbons (Fsp3) is 0.150. The van der Waals surface area contributed by atoms with Crippen LogP contribution in [0.4, 0.5) is 11.5 Å². The van der Waals surface area contributed by atoms with Crippen molar-refractivity contribution in [2.45, 2.75) is 20.4 Å². The van der Waals surface area contributed by atoms with Gasteiger partial charge in [0, 0.05) is 17.3 Å². The van der Waals surface area contributed by atoms with E-state index in [1.807, 2.05) is 25.1 Å². The van der Waals surface area contributed by atoms with Crippen molar-refractivity contribution in [3.63, 3.8) is 0 Å². The highest BCUT2D eigenvalue weighted by atomic mass is 35.5. The summed E-state index contributed by atoms with van der Waals surface area (Å²) in [5, 5.41) is 6.56. The largest absolute Gasteiger partial charge is 0.365 e. The smallest absolute Gasteiger partial charge is 0.275 e. The van der Waals surface area contributed by atoms with E-state index in [-0.39, 0.29) is 11.6 Å². The Bertz CT molecular complexity index is 925. The molecule has 0 saturated heterocycles. The lowest BCUT2D eigenvalue weighted by atomic mass is 10.1. The van der Waals surface area contributed by atoms with Crippen molar-refractivity contribution in [1.29, 1.82) is 0 Å². The number of aromatic nitrogens is 2. The van der Waals surface area contributed by atoms with Gasteiger partial charge in [-0.25, -0.2) is 9.97 Å². The second kappa shape index (κ2) is 7.97. The Morgan fingerprint density at radius 1 is 1.08 bits per heavy atom. The molecule has 5 nitrogen and oxygen atoms in total. The topological polar surface area (TPSA) is 66.9 Å². The maximum absolute atomic E-state index is 12.3. The van der Waals surface area contributed by atoms with Crippen molar-refractivity contribution in [2.24, 2.45) is 0 Å². The lowest BCUT2D eigenvalue weighted by Gasteiger charge is -2.08. The molecule has 0 fully saturated rings. The molecule has 132 valence electrons. The third-order valence-electron chi connectivity index (χ3n) is 3.87. The molecule has 3 aromatic rings. The van der Waals surface area contributed by atoms with Crippen LogP contribution >= 0.6 is 11.6 Å². The molecule has 1 amide bonds. The van der Waals surface area contributed by atoms with E-state index in [9.17, 15) is 4.79 Å². The van der Waals surface area contributed by atoms with Crippen molar-refractivity contribution in [3.8, 4) is 0 Å². The molecule has 0 atom stereocenters. The number of rotatable bonds is 5. The van der Waals surface area contributed by atoms with E-state index in [2.05, 4.69) is 39.7 Å². The lowest BCUT2D eigenvalue weighted by molar-refractivity contribution is 0.102. The number of nitrogens with zero attached hydrogens (tertiary/aromatic N) is 2. The first-order valence-corrected chi connectivity index (χ1v) is 8.58. The lowest BCUT2D eigenvalue weighted by Crippen LogP contribution is -2.14. The number of anilines is 2. The number of halogens is 1. The molecule has 0 aliphatic carbocycles. The summed E-state index contributed by atoms with van der Waals surface area (Å²) in [4.78, 5) is 20.7. The molecule has 0 aliphatic rings. The van der Waals surface area contributed by atoms with Crippen LogP contribution in [0.2, 0.25) is 5.02 Å². The van der Waals surface area contributed by atoms with Crippen LogP contribution in [0.5, 0.6) is 0 Å². The molecule has 3 rings (SSSR count). The van der Waals surface area contributed by atoms with Gasteiger partial charge in [0.15, 0.2) is 0 Å². The SMILES string of the molecule is Cc1cccc(CNc2cnc(C(=O)Nc3ccc(C)c(Cl)c3)cn2)c1. The van der Waals surface area contributed by atoms with Gasteiger partial charge in [-0.15, -0.1) is 0 Å². The van der Waals surface area contributed by atoms with Crippen molar-refractivity contribution >= 4 is 29.0 Å². The Kier molecular flexibility index (Phi) is 5.49. The highest BCUT2D eigenvalue weighted by Gasteiger charge is 2.09. The Morgan fingerprint density at radius 2 is 1.92 bits per heavy atom. The zero-order chi connectivity index (χ0) is 18.5. The van der Waals surface area contributed by atoms with Gasteiger partial charge in [0.25, 0.3) is 5.91 Å². The number of hydrogen-bond acceptors (Lipinski definition) is 4. The van der Waals surface area contributed by atoms with Crippen molar-refractivity contribution in [3.05, 3.63) is 82.3 Å². The summed E-state index contributed by atoms with van der Waals surface area (Å²) in [5.74, 6) is 0.282. The maximum Gasteiger partial charge on any atom is 0.275 e. The van der Waals surface area contributed by atoms with E-state index >= 15 is 0 Å². The number of carbonyl (C=O) groups is 1. The predicted octanol–water partition coefficient (Wildman–Crippen LogP) is 4.61. The normalized spacial score (nSPS) is 10.4. The average Bonchev–Trinajstić information content (AvgIpc) is 2.63. The molecule has 0 aliphatic heterocycles. The van der Waals surface area contributed by atoms with Gasteiger partial charge >= 0.3 is 0 Å². The molecule has 0 saturated carbocycles. The molecule has 0 bridgehead atoms. The number of nitrogens with one attached hydrogen (secondary N) is 2. The Labute approximate surface area is 157 Å². The number of carbonyl (C=O) groups excluding carboxylic acids is 1. The van der Waals surface area contributed by atoms with Crippen molar-refractivity contribution in [1.82, 2.24) is 9.97 Å². The molecule has 1 aromatic heterocycles. The molecule has 0 radical (unpaired) electrons. The van der Waals surface area contributed by atoms with Crippen LogP contribution in [-0.4, -0.2) is 15.9 Å². The molecule has 2 N–H and O–H groups in total.